The summed E-state index contributed by atoms with van der Waals surface area (Å²) in [6, 6.07) is 11.0. The molecule has 0 bridgehead atoms. The minimum Gasteiger partial charge on any atom is -0.478 e. The Balaban J connectivity index is 1.76. The second kappa shape index (κ2) is 6.20. The van der Waals surface area contributed by atoms with Crippen LogP contribution in [0.25, 0.3) is 0 Å². The fourth-order valence-corrected chi connectivity index (χ4v) is 2.62. The lowest BCUT2D eigenvalue weighted by Crippen LogP contribution is -2.45. The zero-order valence-electron chi connectivity index (χ0n) is 13.2. The summed E-state index contributed by atoms with van der Waals surface area (Å²) in [6.45, 7) is 1.46. The minimum atomic E-state index is -1.07. The predicted molar refractivity (Wildman–Crippen MR) is 88.4 cm³/mol. The highest BCUT2D eigenvalue weighted by Gasteiger charge is 2.40. The van der Waals surface area contributed by atoms with Gasteiger partial charge < -0.3 is 10.4 Å². The van der Waals surface area contributed by atoms with Gasteiger partial charge in [0.25, 0.3) is 11.8 Å². The van der Waals surface area contributed by atoms with Crippen molar-refractivity contribution in [3.8, 4) is 0 Å². The molecule has 3 rings (SSSR count). The lowest BCUT2D eigenvalue weighted by Gasteiger charge is -2.21. The Kier molecular flexibility index (Phi) is 4.06. The van der Waals surface area contributed by atoms with E-state index in [9.17, 15) is 19.2 Å². The number of carboxylic acids is 1. The van der Waals surface area contributed by atoms with Gasteiger partial charge in [-0.3, -0.25) is 19.3 Å². The molecule has 1 aliphatic heterocycles. The van der Waals surface area contributed by atoms with E-state index < -0.39 is 29.7 Å². The standard InChI is InChI=1S/C18H14N2O5/c1-10(15(21)19-12-8-6-11(7-9-12)18(24)25)20-16(22)13-4-2-3-5-14(13)17(20)23/h2-10H,1H3,(H,19,21)(H,24,25)/t10-/m1/s1. The number of hydrogen-bond acceptors (Lipinski definition) is 4. The number of hydrogen-bond donors (Lipinski definition) is 2. The molecule has 0 aromatic heterocycles. The van der Waals surface area contributed by atoms with Crippen LogP contribution in [0.2, 0.25) is 0 Å². The summed E-state index contributed by atoms with van der Waals surface area (Å²) in [5, 5.41) is 11.4. The number of rotatable bonds is 4. The Labute approximate surface area is 142 Å². The molecule has 25 heavy (non-hydrogen) atoms. The number of amides is 3. The summed E-state index contributed by atoms with van der Waals surface area (Å²) in [5.74, 6) is -2.64. The van der Waals surface area contributed by atoms with Gasteiger partial charge in [0.15, 0.2) is 0 Å². The zero-order valence-corrected chi connectivity index (χ0v) is 13.2. The maximum Gasteiger partial charge on any atom is 0.335 e. The molecule has 3 amide bonds. The first-order chi connectivity index (χ1) is 11.9. The van der Waals surface area contributed by atoms with E-state index in [0.717, 1.165) is 4.90 Å². The van der Waals surface area contributed by atoms with Crippen molar-refractivity contribution in [2.75, 3.05) is 5.32 Å². The molecule has 1 atom stereocenters. The molecule has 126 valence electrons. The molecular formula is C18H14N2O5. The molecule has 0 spiro atoms. The number of imide groups is 1. The third-order valence-corrected chi connectivity index (χ3v) is 3.99. The van der Waals surface area contributed by atoms with Gasteiger partial charge in [0.1, 0.15) is 6.04 Å². The molecule has 2 aromatic carbocycles. The molecule has 7 heteroatoms. The number of nitrogens with zero attached hydrogens (tertiary/aromatic N) is 1. The molecule has 0 saturated heterocycles. The summed E-state index contributed by atoms with van der Waals surface area (Å²) < 4.78 is 0. The van der Waals surface area contributed by atoms with E-state index in [1.807, 2.05) is 0 Å². The number of carbonyl (C=O) groups excluding carboxylic acids is 3. The predicted octanol–water partition coefficient (Wildman–Crippen LogP) is 2.01. The molecule has 1 aliphatic rings. The maximum absolute atomic E-state index is 12.4. The lowest BCUT2D eigenvalue weighted by molar-refractivity contribution is -0.119. The second-order valence-electron chi connectivity index (χ2n) is 5.57. The van der Waals surface area contributed by atoms with Crippen LogP contribution >= 0.6 is 0 Å². The summed E-state index contributed by atoms with van der Waals surface area (Å²) in [4.78, 5) is 48.9. The number of nitrogens with one attached hydrogen (secondary N) is 1. The summed E-state index contributed by atoms with van der Waals surface area (Å²) in [7, 11) is 0. The van der Waals surface area contributed by atoms with Crippen LogP contribution in [0.1, 0.15) is 38.0 Å². The van der Waals surface area contributed by atoms with Gasteiger partial charge in [-0.15, -0.1) is 0 Å². The van der Waals surface area contributed by atoms with Crippen LogP contribution < -0.4 is 5.32 Å². The van der Waals surface area contributed by atoms with Crippen LogP contribution in [-0.4, -0.2) is 39.7 Å². The first kappa shape index (κ1) is 16.4. The van der Waals surface area contributed by atoms with E-state index in [0.29, 0.717) is 5.69 Å². The Morgan fingerprint density at radius 3 is 1.96 bits per heavy atom. The van der Waals surface area contributed by atoms with Crippen LogP contribution in [0.3, 0.4) is 0 Å². The summed E-state index contributed by atoms with van der Waals surface area (Å²) >= 11 is 0. The highest BCUT2D eigenvalue weighted by Crippen LogP contribution is 2.25. The Bertz CT molecular complexity index is 854. The van der Waals surface area contributed by atoms with Gasteiger partial charge in [0.05, 0.1) is 16.7 Å². The SMILES string of the molecule is C[C@H](C(=O)Nc1ccc(C(=O)O)cc1)N1C(=O)c2ccccc2C1=O. The van der Waals surface area contributed by atoms with Gasteiger partial charge in [0.2, 0.25) is 5.91 Å². The van der Waals surface area contributed by atoms with Crippen molar-refractivity contribution in [2.45, 2.75) is 13.0 Å². The quantitative estimate of drug-likeness (QED) is 0.830. The Morgan fingerprint density at radius 2 is 1.48 bits per heavy atom. The molecule has 0 saturated carbocycles. The normalized spacial score (nSPS) is 14.2. The topological polar surface area (TPSA) is 104 Å². The highest BCUT2D eigenvalue weighted by atomic mass is 16.4. The van der Waals surface area contributed by atoms with E-state index in [-0.39, 0.29) is 16.7 Å². The molecule has 0 radical (unpaired) electrons. The Morgan fingerprint density at radius 1 is 0.960 bits per heavy atom. The van der Waals surface area contributed by atoms with Gasteiger partial charge in [-0.2, -0.15) is 0 Å². The number of benzene rings is 2. The van der Waals surface area contributed by atoms with Gasteiger partial charge in [-0.05, 0) is 43.3 Å². The first-order valence-corrected chi connectivity index (χ1v) is 7.51. The average Bonchev–Trinajstić information content (AvgIpc) is 2.86. The Hall–Kier alpha value is -3.48. The maximum atomic E-state index is 12.4. The van der Waals surface area contributed by atoms with Crippen molar-refractivity contribution < 1.29 is 24.3 Å². The average molecular weight is 338 g/mol. The molecule has 1 heterocycles. The van der Waals surface area contributed by atoms with Crippen LogP contribution in [-0.2, 0) is 4.79 Å². The summed E-state index contributed by atoms with van der Waals surface area (Å²) in [5.41, 5.74) is 1.01. The minimum absolute atomic E-state index is 0.0893. The van der Waals surface area contributed by atoms with Gasteiger partial charge in [-0.25, -0.2) is 4.79 Å². The van der Waals surface area contributed by atoms with E-state index in [4.69, 9.17) is 5.11 Å². The van der Waals surface area contributed by atoms with E-state index in [2.05, 4.69) is 5.32 Å². The van der Waals surface area contributed by atoms with Crippen LogP contribution in [0, 0.1) is 0 Å². The number of carboxylic acid groups (broad SMARTS) is 1. The van der Waals surface area contributed by atoms with Crippen molar-refractivity contribution in [1.82, 2.24) is 4.90 Å². The van der Waals surface area contributed by atoms with E-state index in [1.165, 1.54) is 31.2 Å². The fraction of sp³-hybridized carbons (Fsp3) is 0.111. The van der Waals surface area contributed by atoms with Crippen molar-refractivity contribution in [3.63, 3.8) is 0 Å². The van der Waals surface area contributed by atoms with Crippen LogP contribution in [0.5, 0.6) is 0 Å². The zero-order chi connectivity index (χ0) is 18.1. The van der Waals surface area contributed by atoms with Crippen molar-refractivity contribution in [2.24, 2.45) is 0 Å². The van der Waals surface area contributed by atoms with E-state index in [1.54, 1.807) is 24.3 Å². The van der Waals surface area contributed by atoms with Crippen LogP contribution in [0.4, 0.5) is 5.69 Å². The largest absolute Gasteiger partial charge is 0.478 e. The third-order valence-electron chi connectivity index (χ3n) is 3.99. The van der Waals surface area contributed by atoms with Gasteiger partial charge in [0, 0.05) is 5.69 Å². The van der Waals surface area contributed by atoms with Crippen molar-refractivity contribution in [3.05, 3.63) is 65.2 Å². The molecule has 0 aliphatic carbocycles. The molecule has 0 unspecified atom stereocenters. The summed E-state index contributed by atoms with van der Waals surface area (Å²) in [6.07, 6.45) is 0. The molecular weight excluding hydrogens is 324 g/mol. The first-order valence-electron chi connectivity index (χ1n) is 7.51. The monoisotopic (exact) mass is 338 g/mol. The van der Waals surface area contributed by atoms with Crippen molar-refractivity contribution >= 4 is 29.4 Å². The highest BCUT2D eigenvalue weighted by molar-refractivity contribution is 6.23. The molecule has 2 aromatic rings. The van der Waals surface area contributed by atoms with Crippen molar-refractivity contribution in [1.29, 1.82) is 0 Å². The van der Waals surface area contributed by atoms with Gasteiger partial charge in [-0.1, -0.05) is 12.1 Å². The third kappa shape index (κ3) is 2.87. The second-order valence-corrected chi connectivity index (χ2v) is 5.57. The number of aromatic carboxylic acids is 1. The molecule has 0 fully saturated rings. The van der Waals surface area contributed by atoms with Gasteiger partial charge >= 0.3 is 5.97 Å². The fourth-order valence-electron chi connectivity index (χ4n) is 2.62. The van der Waals surface area contributed by atoms with Crippen LogP contribution in [0.15, 0.2) is 48.5 Å². The number of anilines is 1. The number of carbonyl (C=O) groups is 4. The lowest BCUT2D eigenvalue weighted by atomic mass is 10.1. The number of fused-ring (bicyclic) bond motifs is 1. The van der Waals surface area contributed by atoms with E-state index >= 15 is 0 Å². The molecule has 7 nitrogen and oxygen atoms in total. The molecule has 2 N–H and O–H groups in total. The smallest absolute Gasteiger partial charge is 0.335 e.